The lowest BCUT2D eigenvalue weighted by atomic mass is 9.81. The number of hydrogen-bond donors (Lipinski definition) is 1. The minimum atomic E-state index is -3.55. The number of benzene rings is 1. The molecule has 0 bridgehead atoms. The third-order valence-electron chi connectivity index (χ3n) is 4.43. The van der Waals surface area contributed by atoms with Crippen molar-refractivity contribution in [3.63, 3.8) is 0 Å². The van der Waals surface area contributed by atoms with Crippen molar-refractivity contribution in [2.75, 3.05) is 26.3 Å². The molecule has 0 amide bonds. The molecule has 2 aliphatic heterocycles. The number of hydrogen-bond acceptors (Lipinski definition) is 5. The zero-order valence-corrected chi connectivity index (χ0v) is 13.7. The Kier molecular flexibility index (Phi) is 3.82. The van der Waals surface area contributed by atoms with Gasteiger partial charge in [-0.05, 0) is 24.0 Å². The highest BCUT2D eigenvalue weighted by molar-refractivity contribution is 7.89. The predicted octanol–water partition coefficient (Wildman–Crippen LogP) is 1.21. The van der Waals surface area contributed by atoms with Gasteiger partial charge >= 0.3 is 0 Å². The summed E-state index contributed by atoms with van der Waals surface area (Å²) in [5.41, 5.74) is 5.85. The summed E-state index contributed by atoms with van der Waals surface area (Å²) >= 11 is 0. The summed E-state index contributed by atoms with van der Waals surface area (Å²) in [5, 5.41) is 0. The molecule has 1 atom stereocenters. The maximum absolute atomic E-state index is 12.9. The largest absolute Gasteiger partial charge is 0.486 e. The molecule has 1 fully saturated rings. The van der Waals surface area contributed by atoms with Gasteiger partial charge in [-0.2, -0.15) is 4.31 Å². The fourth-order valence-electron chi connectivity index (χ4n) is 2.86. The van der Waals surface area contributed by atoms with Crippen LogP contribution in [0.2, 0.25) is 0 Å². The number of piperidine rings is 1. The standard InChI is InChI=1S/C15H22N2O4S/c1-15(2)10-17(6-5-14(15)16)22(18,19)11-3-4-12-13(9-11)21-8-7-20-12/h3-4,9,14H,5-8,10,16H2,1-2H3. The van der Waals surface area contributed by atoms with Crippen molar-refractivity contribution in [2.45, 2.75) is 31.2 Å². The number of nitrogens with zero attached hydrogens (tertiary/aromatic N) is 1. The Morgan fingerprint density at radius 1 is 1.23 bits per heavy atom. The molecule has 1 aromatic carbocycles. The van der Waals surface area contributed by atoms with Gasteiger partial charge in [-0.25, -0.2) is 8.42 Å². The Balaban J connectivity index is 1.90. The lowest BCUT2D eigenvalue weighted by Gasteiger charge is -2.41. The molecule has 0 aromatic heterocycles. The molecule has 0 saturated carbocycles. The highest BCUT2D eigenvalue weighted by atomic mass is 32.2. The van der Waals surface area contributed by atoms with E-state index in [1.807, 2.05) is 13.8 Å². The van der Waals surface area contributed by atoms with E-state index < -0.39 is 10.0 Å². The van der Waals surface area contributed by atoms with Crippen LogP contribution < -0.4 is 15.2 Å². The van der Waals surface area contributed by atoms with Crippen molar-refractivity contribution in [3.8, 4) is 11.5 Å². The van der Waals surface area contributed by atoms with Crippen LogP contribution in [0.5, 0.6) is 11.5 Å². The molecule has 1 saturated heterocycles. The SMILES string of the molecule is CC1(C)CN(S(=O)(=O)c2ccc3c(c2)OCCO3)CCC1N. The first kappa shape index (κ1) is 15.6. The molecule has 22 heavy (non-hydrogen) atoms. The molecule has 2 N–H and O–H groups in total. The predicted molar refractivity (Wildman–Crippen MR) is 82.6 cm³/mol. The summed E-state index contributed by atoms with van der Waals surface area (Å²) < 4.78 is 38.1. The van der Waals surface area contributed by atoms with E-state index in [-0.39, 0.29) is 16.4 Å². The van der Waals surface area contributed by atoms with Gasteiger partial charge in [0.1, 0.15) is 13.2 Å². The van der Waals surface area contributed by atoms with Crippen molar-refractivity contribution in [3.05, 3.63) is 18.2 Å². The van der Waals surface area contributed by atoms with Gasteiger partial charge in [-0.3, -0.25) is 0 Å². The first-order valence-corrected chi connectivity index (χ1v) is 8.90. The number of fused-ring (bicyclic) bond motifs is 1. The number of rotatable bonds is 2. The summed E-state index contributed by atoms with van der Waals surface area (Å²) in [6.07, 6.45) is 0.663. The second-order valence-electron chi connectivity index (χ2n) is 6.53. The molecule has 2 aliphatic rings. The van der Waals surface area contributed by atoms with Gasteiger partial charge in [0.15, 0.2) is 11.5 Å². The molecular weight excluding hydrogens is 304 g/mol. The molecule has 0 aliphatic carbocycles. The van der Waals surface area contributed by atoms with Gasteiger partial charge in [0.25, 0.3) is 0 Å². The molecule has 0 spiro atoms. The first-order chi connectivity index (χ1) is 10.3. The van der Waals surface area contributed by atoms with Gasteiger partial charge in [0.05, 0.1) is 4.90 Å². The molecule has 0 radical (unpaired) electrons. The summed E-state index contributed by atoms with van der Waals surface area (Å²) in [4.78, 5) is 0.239. The van der Waals surface area contributed by atoms with E-state index in [1.54, 1.807) is 18.2 Å². The van der Waals surface area contributed by atoms with Crippen molar-refractivity contribution >= 4 is 10.0 Å². The van der Waals surface area contributed by atoms with E-state index in [1.165, 1.54) is 4.31 Å². The minimum Gasteiger partial charge on any atom is -0.486 e. The van der Waals surface area contributed by atoms with E-state index in [9.17, 15) is 8.42 Å². The number of sulfonamides is 1. The second kappa shape index (κ2) is 5.40. The van der Waals surface area contributed by atoms with E-state index in [0.717, 1.165) is 0 Å². The van der Waals surface area contributed by atoms with Crippen LogP contribution in [0.4, 0.5) is 0 Å². The van der Waals surface area contributed by atoms with Crippen LogP contribution in [0.25, 0.3) is 0 Å². The van der Waals surface area contributed by atoms with Gasteiger partial charge in [0.2, 0.25) is 10.0 Å². The molecule has 6 nitrogen and oxygen atoms in total. The topological polar surface area (TPSA) is 81.9 Å². The summed E-state index contributed by atoms with van der Waals surface area (Å²) in [7, 11) is -3.55. The third-order valence-corrected chi connectivity index (χ3v) is 6.27. The summed E-state index contributed by atoms with van der Waals surface area (Å²) in [6.45, 7) is 5.79. The maximum atomic E-state index is 12.9. The van der Waals surface area contributed by atoms with Gasteiger partial charge in [-0.1, -0.05) is 13.8 Å². The van der Waals surface area contributed by atoms with Crippen LogP contribution >= 0.6 is 0 Å². The monoisotopic (exact) mass is 326 g/mol. The van der Waals surface area contributed by atoms with Gasteiger partial charge in [-0.15, -0.1) is 0 Å². The average Bonchev–Trinajstić information content (AvgIpc) is 2.49. The fraction of sp³-hybridized carbons (Fsp3) is 0.600. The van der Waals surface area contributed by atoms with Crippen LogP contribution in [0.1, 0.15) is 20.3 Å². The van der Waals surface area contributed by atoms with E-state index >= 15 is 0 Å². The molecule has 7 heteroatoms. The zero-order chi connectivity index (χ0) is 16.0. The Morgan fingerprint density at radius 3 is 2.59 bits per heavy atom. The second-order valence-corrected chi connectivity index (χ2v) is 8.47. The van der Waals surface area contributed by atoms with Crippen LogP contribution in [-0.2, 0) is 10.0 Å². The molecule has 3 rings (SSSR count). The molecule has 2 heterocycles. The normalized spacial score (nSPS) is 25.0. The van der Waals surface area contributed by atoms with E-state index in [4.69, 9.17) is 15.2 Å². The maximum Gasteiger partial charge on any atom is 0.243 e. The average molecular weight is 326 g/mol. The Hall–Kier alpha value is -1.31. The highest BCUT2D eigenvalue weighted by Gasteiger charge is 2.39. The number of nitrogens with two attached hydrogens (primary N) is 1. The minimum absolute atomic E-state index is 0.0132. The molecular formula is C15H22N2O4S. The van der Waals surface area contributed by atoms with Crippen molar-refractivity contribution in [2.24, 2.45) is 11.1 Å². The Bertz CT molecular complexity index is 672. The van der Waals surface area contributed by atoms with Crippen LogP contribution in [0, 0.1) is 5.41 Å². The van der Waals surface area contributed by atoms with Crippen LogP contribution in [0.15, 0.2) is 23.1 Å². The zero-order valence-electron chi connectivity index (χ0n) is 12.9. The van der Waals surface area contributed by atoms with Gasteiger partial charge in [0, 0.05) is 25.2 Å². The lowest BCUT2D eigenvalue weighted by Crippen LogP contribution is -2.53. The third kappa shape index (κ3) is 2.68. The fourth-order valence-corrected chi connectivity index (χ4v) is 4.51. The van der Waals surface area contributed by atoms with Crippen LogP contribution in [-0.4, -0.2) is 45.1 Å². The molecule has 1 unspecified atom stereocenters. The smallest absolute Gasteiger partial charge is 0.243 e. The Labute approximate surface area is 131 Å². The summed E-state index contributed by atoms with van der Waals surface area (Å²) in [5.74, 6) is 1.08. The molecule has 122 valence electrons. The van der Waals surface area contributed by atoms with E-state index in [2.05, 4.69) is 0 Å². The number of ether oxygens (including phenoxy) is 2. The molecule has 1 aromatic rings. The van der Waals surface area contributed by atoms with Gasteiger partial charge < -0.3 is 15.2 Å². The van der Waals surface area contributed by atoms with Crippen molar-refractivity contribution in [1.82, 2.24) is 4.31 Å². The summed E-state index contributed by atoms with van der Waals surface area (Å²) in [6, 6.07) is 4.79. The lowest BCUT2D eigenvalue weighted by molar-refractivity contribution is 0.155. The van der Waals surface area contributed by atoms with Crippen LogP contribution in [0.3, 0.4) is 0 Å². The first-order valence-electron chi connectivity index (χ1n) is 7.46. The van der Waals surface area contributed by atoms with E-state index in [0.29, 0.717) is 44.2 Å². The Morgan fingerprint density at radius 2 is 1.91 bits per heavy atom. The quantitative estimate of drug-likeness (QED) is 0.883. The highest BCUT2D eigenvalue weighted by Crippen LogP contribution is 2.35. The van der Waals surface area contributed by atoms with Crippen molar-refractivity contribution in [1.29, 1.82) is 0 Å². The van der Waals surface area contributed by atoms with Crippen molar-refractivity contribution < 1.29 is 17.9 Å².